The summed E-state index contributed by atoms with van der Waals surface area (Å²) in [6, 6.07) is 0. The van der Waals surface area contributed by atoms with Crippen molar-refractivity contribution in [3.8, 4) is 0 Å². The Bertz CT molecular complexity index is 397. The van der Waals surface area contributed by atoms with Crippen LogP contribution in [0.15, 0.2) is 6.33 Å². The van der Waals surface area contributed by atoms with Crippen molar-refractivity contribution in [3.63, 3.8) is 0 Å². The summed E-state index contributed by atoms with van der Waals surface area (Å²) in [4.78, 5) is 15.5. The highest BCUT2D eigenvalue weighted by atomic mass is 16.5. The lowest BCUT2D eigenvalue weighted by molar-refractivity contribution is 0.0521. The van der Waals surface area contributed by atoms with Gasteiger partial charge in [0.25, 0.3) is 0 Å². The van der Waals surface area contributed by atoms with E-state index in [0.29, 0.717) is 19.0 Å². The van der Waals surface area contributed by atoms with Crippen molar-refractivity contribution in [2.24, 2.45) is 0 Å². The molecular weight excluding hydrogens is 222 g/mol. The van der Waals surface area contributed by atoms with Crippen molar-refractivity contribution in [1.82, 2.24) is 9.55 Å². The summed E-state index contributed by atoms with van der Waals surface area (Å²) in [6.07, 6.45) is 3.82. The van der Waals surface area contributed by atoms with Gasteiger partial charge in [-0.15, -0.1) is 0 Å². The van der Waals surface area contributed by atoms with Crippen LogP contribution >= 0.6 is 0 Å². The first-order valence-corrected chi connectivity index (χ1v) is 5.81. The number of rotatable bonds is 4. The van der Waals surface area contributed by atoms with Crippen LogP contribution in [0.1, 0.15) is 30.3 Å². The van der Waals surface area contributed by atoms with Crippen molar-refractivity contribution in [2.75, 3.05) is 18.9 Å². The molecule has 1 aliphatic rings. The molecule has 0 aromatic carbocycles. The Morgan fingerprint density at radius 2 is 2.59 bits per heavy atom. The van der Waals surface area contributed by atoms with E-state index in [0.717, 1.165) is 19.4 Å². The molecule has 1 saturated heterocycles. The number of ether oxygens (including phenoxy) is 2. The number of nitrogens with zero attached hydrogens (tertiary/aromatic N) is 2. The smallest absolute Gasteiger partial charge is 0.360 e. The molecule has 0 amide bonds. The maximum atomic E-state index is 11.5. The third kappa shape index (κ3) is 2.58. The van der Waals surface area contributed by atoms with E-state index >= 15 is 0 Å². The highest BCUT2D eigenvalue weighted by molar-refractivity contribution is 5.92. The Morgan fingerprint density at radius 3 is 3.24 bits per heavy atom. The average Bonchev–Trinajstić information content (AvgIpc) is 2.91. The number of esters is 1. The highest BCUT2D eigenvalue weighted by Crippen LogP contribution is 2.18. The van der Waals surface area contributed by atoms with E-state index in [4.69, 9.17) is 15.2 Å². The zero-order valence-corrected chi connectivity index (χ0v) is 9.89. The van der Waals surface area contributed by atoms with Gasteiger partial charge in [0.2, 0.25) is 0 Å². The van der Waals surface area contributed by atoms with E-state index in [9.17, 15) is 4.79 Å². The van der Waals surface area contributed by atoms with Gasteiger partial charge < -0.3 is 19.8 Å². The van der Waals surface area contributed by atoms with E-state index in [-0.39, 0.29) is 11.8 Å². The third-order valence-electron chi connectivity index (χ3n) is 2.77. The zero-order chi connectivity index (χ0) is 12.3. The van der Waals surface area contributed by atoms with Crippen LogP contribution in [-0.4, -0.2) is 34.8 Å². The minimum absolute atomic E-state index is 0.168. The first-order valence-electron chi connectivity index (χ1n) is 5.81. The molecule has 0 aliphatic carbocycles. The van der Waals surface area contributed by atoms with Crippen LogP contribution in [0.2, 0.25) is 0 Å². The van der Waals surface area contributed by atoms with Crippen molar-refractivity contribution >= 4 is 11.8 Å². The number of anilines is 1. The molecule has 1 aromatic rings. The number of hydrogen-bond donors (Lipinski definition) is 1. The third-order valence-corrected chi connectivity index (χ3v) is 2.77. The van der Waals surface area contributed by atoms with Gasteiger partial charge in [-0.1, -0.05) is 0 Å². The summed E-state index contributed by atoms with van der Waals surface area (Å²) in [5.41, 5.74) is 6.04. The molecule has 17 heavy (non-hydrogen) atoms. The molecule has 2 N–H and O–H groups in total. The summed E-state index contributed by atoms with van der Waals surface area (Å²) in [7, 11) is 0. The topological polar surface area (TPSA) is 79.4 Å². The standard InChI is InChI=1S/C11H17N3O3/c1-2-16-11(15)9-10(12)14(7-13-9)6-8-4-3-5-17-8/h7-8H,2-6,12H2,1H3. The van der Waals surface area contributed by atoms with Crippen molar-refractivity contribution in [3.05, 3.63) is 12.0 Å². The normalized spacial score (nSPS) is 19.5. The van der Waals surface area contributed by atoms with Crippen LogP contribution in [0.3, 0.4) is 0 Å². The fourth-order valence-electron chi connectivity index (χ4n) is 1.90. The van der Waals surface area contributed by atoms with Crippen molar-refractivity contribution < 1.29 is 14.3 Å². The molecule has 1 aromatic heterocycles. The van der Waals surface area contributed by atoms with Gasteiger partial charge in [0.1, 0.15) is 5.82 Å². The average molecular weight is 239 g/mol. The molecule has 0 spiro atoms. The Labute approximate surface area is 99.7 Å². The molecule has 6 nitrogen and oxygen atoms in total. The fourth-order valence-corrected chi connectivity index (χ4v) is 1.90. The summed E-state index contributed by atoms with van der Waals surface area (Å²) in [5, 5.41) is 0. The Morgan fingerprint density at radius 1 is 1.76 bits per heavy atom. The summed E-state index contributed by atoms with van der Waals surface area (Å²) in [6.45, 7) is 3.50. The monoisotopic (exact) mass is 239 g/mol. The van der Waals surface area contributed by atoms with Crippen LogP contribution in [0.25, 0.3) is 0 Å². The van der Waals surface area contributed by atoms with Gasteiger partial charge in [-0.2, -0.15) is 0 Å². The molecule has 2 rings (SSSR count). The lowest BCUT2D eigenvalue weighted by atomic mass is 10.2. The van der Waals surface area contributed by atoms with E-state index in [1.165, 1.54) is 0 Å². The number of carbonyl (C=O) groups is 1. The number of nitrogen functional groups attached to an aromatic ring is 1. The number of imidazole rings is 1. The maximum absolute atomic E-state index is 11.5. The van der Waals surface area contributed by atoms with E-state index < -0.39 is 5.97 Å². The first kappa shape index (κ1) is 11.9. The minimum Gasteiger partial charge on any atom is -0.461 e. The lowest BCUT2D eigenvalue weighted by Crippen LogP contribution is -2.17. The van der Waals surface area contributed by atoms with Gasteiger partial charge in [0.05, 0.1) is 25.6 Å². The highest BCUT2D eigenvalue weighted by Gasteiger charge is 2.21. The molecule has 0 saturated carbocycles. The Balaban J connectivity index is 2.06. The second-order valence-electron chi connectivity index (χ2n) is 3.99. The second-order valence-corrected chi connectivity index (χ2v) is 3.99. The predicted octanol–water partition coefficient (Wildman–Crippen LogP) is 0.821. The largest absolute Gasteiger partial charge is 0.461 e. The molecule has 1 fully saturated rings. The van der Waals surface area contributed by atoms with Gasteiger partial charge in [0.15, 0.2) is 5.69 Å². The number of aromatic nitrogens is 2. The van der Waals surface area contributed by atoms with Crippen molar-refractivity contribution in [1.29, 1.82) is 0 Å². The number of nitrogens with two attached hydrogens (primary N) is 1. The molecule has 1 aliphatic heterocycles. The van der Waals surface area contributed by atoms with Crippen LogP contribution in [0.4, 0.5) is 5.82 Å². The van der Waals surface area contributed by atoms with Gasteiger partial charge >= 0.3 is 5.97 Å². The summed E-state index contributed by atoms with van der Waals surface area (Å²) < 4.78 is 12.1. The molecular formula is C11H17N3O3. The fraction of sp³-hybridized carbons (Fsp3) is 0.636. The number of carbonyl (C=O) groups excluding carboxylic acids is 1. The lowest BCUT2D eigenvalue weighted by Gasteiger charge is -2.11. The predicted molar refractivity (Wildman–Crippen MR) is 61.6 cm³/mol. The van der Waals surface area contributed by atoms with Crippen LogP contribution in [-0.2, 0) is 16.0 Å². The zero-order valence-electron chi connectivity index (χ0n) is 9.89. The van der Waals surface area contributed by atoms with Crippen LogP contribution in [0, 0.1) is 0 Å². The molecule has 94 valence electrons. The molecule has 1 atom stereocenters. The first-order chi connectivity index (χ1) is 8.22. The maximum Gasteiger partial charge on any atom is 0.360 e. The molecule has 2 heterocycles. The van der Waals surface area contributed by atoms with E-state index in [2.05, 4.69) is 4.98 Å². The quantitative estimate of drug-likeness (QED) is 0.787. The van der Waals surface area contributed by atoms with E-state index in [1.807, 2.05) is 0 Å². The van der Waals surface area contributed by atoms with Gasteiger partial charge in [-0.05, 0) is 19.8 Å². The molecule has 0 radical (unpaired) electrons. The van der Waals surface area contributed by atoms with Crippen LogP contribution < -0.4 is 5.73 Å². The summed E-state index contributed by atoms with van der Waals surface area (Å²) >= 11 is 0. The number of hydrogen-bond acceptors (Lipinski definition) is 5. The van der Waals surface area contributed by atoms with Gasteiger partial charge in [-0.3, -0.25) is 0 Å². The van der Waals surface area contributed by atoms with E-state index in [1.54, 1.807) is 17.8 Å². The molecule has 0 bridgehead atoms. The SMILES string of the molecule is CCOC(=O)c1ncn(CC2CCCO2)c1N. The minimum atomic E-state index is -0.476. The van der Waals surface area contributed by atoms with Crippen LogP contribution in [0.5, 0.6) is 0 Å². The van der Waals surface area contributed by atoms with Gasteiger partial charge in [-0.25, -0.2) is 9.78 Å². The van der Waals surface area contributed by atoms with Crippen molar-refractivity contribution in [2.45, 2.75) is 32.4 Å². The molecule has 1 unspecified atom stereocenters. The second kappa shape index (κ2) is 5.18. The van der Waals surface area contributed by atoms with Gasteiger partial charge in [0, 0.05) is 6.61 Å². The Kier molecular flexibility index (Phi) is 3.63. The molecule has 6 heteroatoms. The summed E-state index contributed by atoms with van der Waals surface area (Å²) in [5.74, 6) is -0.130. The Hall–Kier alpha value is -1.56.